The van der Waals surface area contributed by atoms with Gasteiger partial charge in [-0.05, 0) is 12.1 Å². The Morgan fingerprint density at radius 1 is 1.35 bits per heavy atom. The fourth-order valence-corrected chi connectivity index (χ4v) is 3.57. The molecule has 20 heavy (non-hydrogen) atoms. The van der Waals surface area contributed by atoms with Crippen molar-refractivity contribution in [1.29, 1.82) is 0 Å². The SMILES string of the molecule is CN1C(=O)CS/C1=N/S(=O)(=O)c1ccc([N+](=O)[O-])cc1. The van der Waals surface area contributed by atoms with E-state index in [0.29, 0.717) is 0 Å². The van der Waals surface area contributed by atoms with Gasteiger partial charge >= 0.3 is 0 Å². The van der Waals surface area contributed by atoms with Crippen molar-refractivity contribution in [2.75, 3.05) is 12.8 Å². The Hall–Kier alpha value is -1.94. The fourth-order valence-electron chi connectivity index (χ4n) is 1.41. The summed E-state index contributed by atoms with van der Waals surface area (Å²) in [5.74, 6) is -0.0851. The molecule has 106 valence electrons. The highest BCUT2D eigenvalue weighted by atomic mass is 32.2. The third kappa shape index (κ3) is 2.80. The highest BCUT2D eigenvalue weighted by Crippen LogP contribution is 2.22. The van der Waals surface area contributed by atoms with E-state index in [0.717, 1.165) is 40.9 Å². The maximum absolute atomic E-state index is 12.0. The number of thioether (sulfide) groups is 1. The lowest BCUT2D eigenvalue weighted by molar-refractivity contribution is -0.384. The minimum Gasteiger partial charge on any atom is -0.293 e. The largest absolute Gasteiger partial charge is 0.293 e. The Morgan fingerprint density at radius 2 is 1.95 bits per heavy atom. The number of carbonyl (C=O) groups excluding carboxylic acids is 1. The van der Waals surface area contributed by atoms with Crippen LogP contribution in [-0.4, -0.2) is 42.1 Å². The van der Waals surface area contributed by atoms with E-state index in [1.165, 1.54) is 7.05 Å². The van der Waals surface area contributed by atoms with Crippen molar-refractivity contribution in [1.82, 2.24) is 4.90 Å². The number of rotatable bonds is 3. The first-order chi connectivity index (χ1) is 9.31. The molecule has 0 N–H and O–H groups in total. The summed E-state index contributed by atoms with van der Waals surface area (Å²) >= 11 is 1.03. The van der Waals surface area contributed by atoms with Crippen LogP contribution in [0.5, 0.6) is 0 Å². The first kappa shape index (κ1) is 14.5. The molecule has 1 aliphatic heterocycles. The van der Waals surface area contributed by atoms with Crippen LogP contribution < -0.4 is 0 Å². The molecule has 0 bridgehead atoms. The van der Waals surface area contributed by atoms with Gasteiger partial charge in [-0.25, -0.2) is 0 Å². The second-order valence-corrected chi connectivity index (χ2v) is 6.39. The van der Waals surface area contributed by atoms with E-state index in [-0.39, 0.29) is 27.4 Å². The number of nitrogens with zero attached hydrogens (tertiary/aromatic N) is 3. The molecule has 0 aromatic heterocycles. The van der Waals surface area contributed by atoms with Gasteiger partial charge in [0.1, 0.15) is 0 Å². The number of sulfonamides is 1. The molecule has 2 rings (SSSR count). The lowest BCUT2D eigenvalue weighted by atomic mass is 10.3. The summed E-state index contributed by atoms with van der Waals surface area (Å²) < 4.78 is 27.6. The first-order valence-corrected chi connectivity index (χ1v) is 7.72. The van der Waals surface area contributed by atoms with Gasteiger partial charge in [0.05, 0.1) is 15.6 Å². The summed E-state index contributed by atoms with van der Waals surface area (Å²) in [5, 5.41) is 10.6. The van der Waals surface area contributed by atoms with Gasteiger partial charge in [0.15, 0.2) is 5.17 Å². The molecular weight excluding hydrogens is 306 g/mol. The quantitative estimate of drug-likeness (QED) is 0.604. The molecule has 1 aromatic rings. The zero-order valence-corrected chi connectivity index (χ0v) is 11.8. The number of amides is 1. The average Bonchev–Trinajstić information content (AvgIpc) is 2.70. The molecule has 8 nitrogen and oxygen atoms in total. The van der Waals surface area contributed by atoms with Crippen LogP contribution in [0.3, 0.4) is 0 Å². The zero-order chi connectivity index (χ0) is 14.9. The Bertz CT molecular complexity index is 696. The highest BCUT2D eigenvalue weighted by Gasteiger charge is 2.27. The number of benzene rings is 1. The summed E-state index contributed by atoms with van der Waals surface area (Å²) in [6.07, 6.45) is 0. The number of carbonyl (C=O) groups is 1. The van der Waals surface area contributed by atoms with E-state index in [1.54, 1.807) is 0 Å². The van der Waals surface area contributed by atoms with Crippen molar-refractivity contribution < 1.29 is 18.1 Å². The third-order valence-electron chi connectivity index (χ3n) is 2.53. The first-order valence-electron chi connectivity index (χ1n) is 5.30. The van der Waals surface area contributed by atoms with E-state index in [1.807, 2.05) is 0 Å². The predicted octanol–water partition coefficient (Wildman–Crippen LogP) is 0.845. The number of nitro benzene ring substituents is 1. The second kappa shape index (κ2) is 5.21. The van der Waals surface area contributed by atoms with Crippen LogP contribution in [0.15, 0.2) is 33.6 Å². The van der Waals surface area contributed by atoms with Crippen molar-refractivity contribution in [2.24, 2.45) is 4.40 Å². The van der Waals surface area contributed by atoms with Crippen LogP contribution in [-0.2, 0) is 14.8 Å². The summed E-state index contributed by atoms with van der Waals surface area (Å²) in [6, 6.07) is 4.39. The molecule has 1 aromatic carbocycles. The van der Waals surface area contributed by atoms with Crippen molar-refractivity contribution in [3.63, 3.8) is 0 Å². The van der Waals surface area contributed by atoms with E-state index in [4.69, 9.17) is 0 Å². The standard InChI is InChI=1S/C10H9N3O5S2/c1-12-9(14)6-19-10(12)11-20(17,18)8-4-2-7(3-5-8)13(15)16/h2-5H,6H2,1H3/b11-10+. The van der Waals surface area contributed by atoms with Crippen molar-refractivity contribution >= 4 is 38.5 Å². The molecular formula is C10H9N3O5S2. The maximum Gasteiger partial charge on any atom is 0.284 e. The molecule has 1 fully saturated rings. The van der Waals surface area contributed by atoms with Crippen LogP contribution in [0, 0.1) is 10.1 Å². The third-order valence-corrected chi connectivity index (χ3v) is 4.94. The summed E-state index contributed by atoms with van der Waals surface area (Å²) in [7, 11) is -2.55. The Labute approximate surface area is 118 Å². The van der Waals surface area contributed by atoms with E-state index < -0.39 is 14.9 Å². The summed E-state index contributed by atoms with van der Waals surface area (Å²) in [4.78, 5) is 22.2. The molecule has 0 spiro atoms. The van der Waals surface area contributed by atoms with Gasteiger partial charge in [0, 0.05) is 19.2 Å². The lowest BCUT2D eigenvalue weighted by Crippen LogP contribution is -2.25. The number of non-ortho nitro benzene ring substituents is 1. The molecule has 1 aliphatic rings. The van der Waals surface area contributed by atoms with Gasteiger partial charge in [-0.2, -0.15) is 8.42 Å². The molecule has 0 saturated carbocycles. The molecule has 1 heterocycles. The lowest BCUT2D eigenvalue weighted by Gasteiger charge is -2.07. The van der Waals surface area contributed by atoms with Crippen LogP contribution in [0.4, 0.5) is 5.69 Å². The summed E-state index contributed by atoms with van der Waals surface area (Å²) in [5.41, 5.74) is -0.209. The second-order valence-electron chi connectivity index (χ2n) is 3.84. The highest BCUT2D eigenvalue weighted by molar-refractivity contribution is 8.15. The number of amidine groups is 1. The minimum atomic E-state index is -3.99. The van der Waals surface area contributed by atoms with Gasteiger partial charge in [0.25, 0.3) is 15.7 Å². The molecule has 10 heteroatoms. The minimum absolute atomic E-state index is 0.0911. The number of hydrogen-bond donors (Lipinski definition) is 0. The normalized spacial score (nSPS) is 17.8. The van der Waals surface area contributed by atoms with Gasteiger partial charge in [-0.1, -0.05) is 11.8 Å². The Morgan fingerprint density at radius 3 is 2.40 bits per heavy atom. The smallest absolute Gasteiger partial charge is 0.284 e. The zero-order valence-electron chi connectivity index (χ0n) is 10.2. The molecule has 0 atom stereocenters. The van der Waals surface area contributed by atoms with Crippen LogP contribution in [0.1, 0.15) is 0 Å². The van der Waals surface area contributed by atoms with E-state index in [2.05, 4.69) is 4.40 Å². The van der Waals surface area contributed by atoms with Gasteiger partial charge in [-0.15, -0.1) is 4.40 Å². The molecule has 1 saturated heterocycles. The number of hydrogen-bond acceptors (Lipinski definition) is 6. The monoisotopic (exact) mass is 315 g/mol. The molecule has 0 unspecified atom stereocenters. The topological polar surface area (TPSA) is 110 Å². The van der Waals surface area contributed by atoms with Gasteiger partial charge in [-0.3, -0.25) is 19.8 Å². The van der Waals surface area contributed by atoms with E-state index in [9.17, 15) is 23.3 Å². The van der Waals surface area contributed by atoms with E-state index >= 15 is 0 Å². The average molecular weight is 315 g/mol. The number of nitro groups is 1. The predicted molar refractivity (Wildman–Crippen MR) is 72.9 cm³/mol. The molecule has 1 amide bonds. The van der Waals surface area contributed by atoms with Crippen LogP contribution in [0.25, 0.3) is 0 Å². The summed E-state index contributed by atoms with van der Waals surface area (Å²) in [6.45, 7) is 0. The molecule has 0 aliphatic carbocycles. The van der Waals surface area contributed by atoms with Gasteiger partial charge in [0.2, 0.25) is 5.91 Å². The van der Waals surface area contributed by atoms with Crippen molar-refractivity contribution in [3.8, 4) is 0 Å². The Balaban J connectivity index is 2.34. The van der Waals surface area contributed by atoms with Crippen molar-refractivity contribution in [3.05, 3.63) is 34.4 Å². The Kier molecular flexibility index (Phi) is 3.77. The van der Waals surface area contributed by atoms with Crippen LogP contribution >= 0.6 is 11.8 Å². The van der Waals surface area contributed by atoms with Gasteiger partial charge < -0.3 is 0 Å². The molecule has 0 radical (unpaired) electrons. The fraction of sp³-hybridized carbons (Fsp3) is 0.200. The maximum atomic E-state index is 12.0. The van der Waals surface area contributed by atoms with Crippen LogP contribution in [0.2, 0.25) is 0 Å². The van der Waals surface area contributed by atoms with Crippen molar-refractivity contribution in [2.45, 2.75) is 4.90 Å².